The molecular weight excluding hydrogens is 276 g/mol. The topological polar surface area (TPSA) is 49.7 Å². The molecule has 3 nitrogen and oxygen atoms in total. The number of ether oxygens (including phenoxy) is 1. The fraction of sp³-hybridized carbons (Fsp3) is 0.579. The summed E-state index contributed by atoms with van der Waals surface area (Å²) in [5, 5.41) is 20.2. The van der Waals surface area contributed by atoms with Gasteiger partial charge in [-0.15, -0.1) is 6.58 Å². The van der Waals surface area contributed by atoms with Gasteiger partial charge in [-0.3, -0.25) is 0 Å². The molecule has 0 fully saturated rings. The van der Waals surface area contributed by atoms with Gasteiger partial charge >= 0.3 is 0 Å². The third-order valence-corrected chi connectivity index (χ3v) is 4.21. The molecule has 124 valence electrons. The van der Waals surface area contributed by atoms with Crippen LogP contribution in [0.3, 0.4) is 0 Å². The molecule has 1 aromatic rings. The molecule has 0 saturated heterocycles. The lowest BCUT2D eigenvalue weighted by Gasteiger charge is -2.27. The SMILES string of the molecule is C=C[C@H](C)[C@@H](O)[C@H](C)[C@H](O)CCCCOCc1ccccc1. The average molecular weight is 306 g/mol. The van der Waals surface area contributed by atoms with E-state index in [4.69, 9.17) is 4.74 Å². The molecule has 0 aliphatic heterocycles. The van der Waals surface area contributed by atoms with Gasteiger partial charge in [-0.2, -0.15) is 0 Å². The molecule has 4 atom stereocenters. The van der Waals surface area contributed by atoms with Crippen LogP contribution in [0.1, 0.15) is 38.7 Å². The van der Waals surface area contributed by atoms with Crippen LogP contribution in [0.2, 0.25) is 0 Å². The molecule has 0 radical (unpaired) electrons. The predicted molar refractivity (Wildman–Crippen MR) is 90.5 cm³/mol. The van der Waals surface area contributed by atoms with Gasteiger partial charge in [0.1, 0.15) is 0 Å². The highest BCUT2D eigenvalue weighted by Crippen LogP contribution is 2.20. The standard InChI is InChI=1S/C19H30O3/c1-4-15(2)19(21)16(3)18(20)12-8-9-13-22-14-17-10-6-5-7-11-17/h4-7,10-11,15-16,18-21H,1,8-9,12-14H2,2-3H3/t15-,16+,18+,19+/m0/s1. The van der Waals surface area contributed by atoms with Crippen LogP contribution >= 0.6 is 0 Å². The molecule has 0 saturated carbocycles. The Hall–Kier alpha value is -1.16. The van der Waals surface area contributed by atoms with E-state index in [-0.39, 0.29) is 11.8 Å². The van der Waals surface area contributed by atoms with Gasteiger partial charge < -0.3 is 14.9 Å². The zero-order valence-corrected chi connectivity index (χ0v) is 13.8. The molecular formula is C19H30O3. The van der Waals surface area contributed by atoms with E-state index in [1.165, 1.54) is 5.56 Å². The molecule has 0 amide bonds. The molecule has 0 aliphatic carbocycles. The maximum atomic E-state index is 10.1. The van der Waals surface area contributed by atoms with Gasteiger partial charge in [-0.05, 0) is 24.8 Å². The van der Waals surface area contributed by atoms with Crippen molar-refractivity contribution in [1.82, 2.24) is 0 Å². The molecule has 0 heterocycles. The lowest BCUT2D eigenvalue weighted by Crippen LogP contribution is -2.33. The van der Waals surface area contributed by atoms with E-state index in [0.717, 1.165) is 12.8 Å². The summed E-state index contributed by atoms with van der Waals surface area (Å²) in [4.78, 5) is 0. The number of benzene rings is 1. The van der Waals surface area contributed by atoms with Crippen LogP contribution in [-0.4, -0.2) is 29.0 Å². The van der Waals surface area contributed by atoms with Gasteiger partial charge in [0.2, 0.25) is 0 Å². The maximum Gasteiger partial charge on any atom is 0.0716 e. The van der Waals surface area contributed by atoms with Crippen LogP contribution in [0.25, 0.3) is 0 Å². The van der Waals surface area contributed by atoms with Gasteiger partial charge in [0, 0.05) is 18.4 Å². The van der Waals surface area contributed by atoms with Crippen LogP contribution in [0.5, 0.6) is 0 Å². The van der Waals surface area contributed by atoms with Crippen LogP contribution < -0.4 is 0 Å². The Kier molecular flexibility index (Phi) is 9.05. The first kappa shape index (κ1) is 18.9. The summed E-state index contributed by atoms with van der Waals surface area (Å²) >= 11 is 0. The molecule has 0 aromatic heterocycles. The molecule has 0 unspecified atom stereocenters. The second kappa shape index (κ2) is 10.5. The fourth-order valence-corrected chi connectivity index (χ4v) is 2.43. The zero-order valence-electron chi connectivity index (χ0n) is 13.8. The smallest absolute Gasteiger partial charge is 0.0716 e. The van der Waals surface area contributed by atoms with Crippen LogP contribution in [-0.2, 0) is 11.3 Å². The summed E-state index contributed by atoms with van der Waals surface area (Å²) in [6, 6.07) is 10.1. The van der Waals surface area contributed by atoms with Crippen molar-refractivity contribution >= 4 is 0 Å². The van der Waals surface area contributed by atoms with E-state index in [2.05, 4.69) is 6.58 Å². The minimum absolute atomic E-state index is 0.00106. The number of aliphatic hydroxyl groups is 2. The first-order valence-corrected chi connectivity index (χ1v) is 8.16. The van der Waals surface area contributed by atoms with E-state index >= 15 is 0 Å². The third kappa shape index (κ3) is 6.73. The summed E-state index contributed by atoms with van der Waals surface area (Å²) in [5.74, 6) is -0.142. The Labute approximate surface area is 134 Å². The molecule has 0 aliphatic rings. The first-order chi connectivity index (χ1) is 10.6. The van der Waals surface area contributed by atoms with Crippen molar-refractivity contribution in [1.29, 1.82) is 0 Å². The quantitative estimate of drug-likeness (QED) is 0.485. The highest BCUT2D eigenvalue weighted by Gasteiger charge is 2.25. The van der Waals surface area contributed by atoms with Crippen LogP contribution in [0, 0.1) is 11.8 Å². The van der Waals surface area contributed by atoms with Gasteiger partial charge in [0.05, 0.1) is 18.8 Å². The predicted octanol–water partition coefficient (Wildman–Crippen LogP) is 3.55. The fourth-order valence-electron chi connectivity index (χ4n) is 2.43. The molecule has 1 rings (SSSR count). The van der Waals surface area contributed by atoms with E-state index in [1.54, 1.807) is 6.08 Å². The van der Waals surface area contributed by atoms with E-state index in [1.807, 2.05) is 44.2 Å². The van der Waals surface area contributed by atoms with E-state index in [9.17, 15) is 10.2 Å². The Morgan fingerprint density at radius 3 is 2.45 bits per heavy atom. The largest absolute Gasteiger partial charge is 0.393 e. The zero-order chi connectivity index (χ0) is 16.4. The Bertz CT molecular complexity index is 404. The first-order valence-electron chi connectivity index (χ1n) is 8.16. The normalized spacial score (nSPS) is 16.7. The van der Waals surface area contributed by atoms with Crippen molar-refractivity contribution in [3.63, 3.8) is 0 Å². The molecule has 2 N–H and O–H groups in total. The molecule has 22 heavy (non-hydrogen) atoms. The van der Waals surface area contributed by atoms with Gasteiger partial charge in [0.25, 0.3) is 0 Å². The summed E-state index contributed by atoms with van der Waals surface area (Å²) < 4.78 is 5.62. The van der Waals surface area contributed by atoms with Crippen molar-refractivity contribution in [2.45, 2.75) is 51.9 Å². The number of hydrogen-bond donors (Lipinski definition) is 2. The second-order valence-corrected chi connectivity index (χ2v) is 6.05. The third-order valence-electron chi connectivity index (χ3n) is 4.21. The van der Waals surface area contributed by atoms with Gasteiger partial charge in [-0.1, -0.05) is 50.3 Å². The molecule has 3 heteroatoms. The van der Waals surface area contributed by atoms with Crippen molar-refractivity contribution in [2.75, 3.05) is 6.61 Å². The molecule has 1 aromatic carbocycles. The summed E-state index contributed by atoms with van der Waals surface area (Å²) in [6.07, 6.45) is 3.22. The Morgan fingerprint density at radius 2 is 1.82 bits per heavy atom. The lowest BCUT2D eigenvalue weighted by molar-refractivity contribution is -0.00134. The highest BCUT2D eigenvalue weighted by atomic mass is 16.5. The minimum Gasteiger partial charge on any atom is -0.393 e. The van der Waals surface area contributed by atoms with Crippen LogP contribution in [0.15, 0.2) is 43.0 Å². The average Bonchev–Trinajstić information content (AvgIpc) is 2.56. The second-order valence-electron chi connectivity index (χ2n) is 6.05. The van der Waals surface area contributed by atoms with Gasteiger partial charge in [-0.25, -0.2) is 0 Å². The number of unbranched alkanes of at least 4 members (excludes halogenated alkanes) is 1. The highest BCUT2D eigenvalue weighted by molar-refractivity contribution is 5.13. The van der Waals surface area contributed by atoms with Crippen molar-refractivity contribution in [2.24, 2.45) is 11.8 Å². The number of aliphatic hydroxyl groups excluding tert-OH is 2. The van der Waals surface area contributed by atoms with Crippen molar-refractivity contribution in [3.05, 3.63) is 48.6 Å². The van der Waals surface area contributed by atoms with Crippen molar-refractivity contribution in [3.8, 4) is 0 Å². The van der Waals surface area contributed by atoms with E-state index < -0.39 is 12.2 Å². The number of hydrogen-bond acceptors (Lipinski definition) is 3. The van der Waals surface area contributed by atoms with Gasteiger partial charge in [0.15, 0.2) is 0 Å². The monoisotopic (exact) mass is 306 g/mol. The van der Waals surface area contributed by atoms with Crippen molar-refractivity contribution < 1.29 is 14.9 Å². The summed E-state index contributed by atoms with van der Waals surface area (Å²) in [7, 11) is 0. The Balaban J connectivity index is 2.12. The summed E-state index contributed by atoms with van der Waals surface area (Å²) in [5.41, 5.74) is 1.18. The van der Waals surface area contributed by atoms with Crippen LogP contribution in [0.4, 0.5) is 0 Å². The maximum absolute atomic E-state index is 10.1. The number of rotatable bonds is 11. The Morgan fingerprint density at radius 1 is 1.14 bits per heavy atom. The lowest BCUT2D eigenvalue weighted by atomic mass is 9.87. The molecule has 0 bridgehead atoms. The summed E-state index contributed by atoms with van der Waals surface area (Å²) in [6.45, 7) is 8.82. The molecule has 0 spiro atoms. The minimum atomic E-state index is -0.540. The van der Waals surface area contributed by atoms with E-state index in [0.29, 0.717) is 19.6 Å².